The van der Waals surface area contributed by atoms with Crippen molar-refractivity contribution in [3.63, 3.8) is 0 Å². The lowest BCUT2D eigenvalue weighted by Gasteiger charge is -2.12. The molecule has 1 unspecified atom stereocenters. The van der Waals surface area contributed by atoms with Crippen LogP contribution in [0.1, 0.15) is 16.5 Å². The molecule has 0 saturated heterocycles. The molecular weight excluding hydrogens is 326 g/mol. The topological polar surface area (TPSA) is 44.5 Å². The first-order valence-electron chi connectivity index (χ1n) is 5.85. The summed E-state index contributed by atoms with van der Waals surface area (Å²) in [6, 6.07) is 9.97. The molecule has 0 fully saturated rings. The average molecular weight is 342 g/mol. The summed E-state index contributed by atoms with van der Waals surface area (Å²) in [6.07, 6.45) is 0.771. The van der Waals surface area contributed by atoms with Gasteiger partial charge in [-0.05, 0) is 52.2 Å². The smallest absolute Gasteiger partial charge is 0.160 e. The molecule has 0 aliphatic carbocycles. The zero-order valence-corrected chi connectivity index (χ0v) is 13.3. The Morgan fingerprint density at radius 3 is 2.47 bits per heavy atom. The molecule has 3 nitrogen and oxygen atoms in total. The van der Waals surface area contributed by atoms with E-state index < -0.39 is 0 Å². The first-order valence-corrected chi connectivity index (χ1v) is 7.46. The lowest BCUT2D eigenvalue weighted by atomic mass is 10.0. The van der Waals surface area contributed by atoms with Crippen molar-refractivity contribution in [2.75, 3.05) is 14.2 Å². The molecule has 2 rings (SSSR count). The molecule has 1 aromatic heterocycles. The Kier molecular flexibility index (Phi) is 4.85. The van der Waals surface area contributed by atoms with Crippen molar-refractivity contribution < 1.29 is 9.47 Å². The van der Waals surface area contributed by atoms with Crippen LogP contribution in [-0.4, -0.2) is 14.2 Å². The van der Waals surface area contributed by atoms with Gasteiger partial charge in [-0.2, -0.15) is 0 Å². The Bertz CT molecular complexity index is 556. The molecule has 2 aromatic rings. The van der Waals surface area contributed by atoms with Gasteiger partial charge in [0.2, 0.25) is 0 Å². The zero-order valence-electron chi connectivity index (χ0n) is 10.9. The van der Waals surface area contributed by atoms with Crippen LogP contribution in [0.15, 0.2) is 34.1 Å². The zero-order chi connectivity index (χ0) is 13.8. The normalized spacial score (nSPS) is 12.2. The number of thiophene rings is 1. The lowest BCUT2D eigenvalue weighted by Crippen LogP contribution is -2.11. The summed E-state index contributed by atoms with van der Waals surface area (Å²) < 4.78 is 11.6. The van der Waals surface area contributed by atoms with Gasteiger partial charge >= 0.3 is 0 Å². The number of ether oxygens (including phenoxy) is 2. The molecule has 2 N–H and O–H groups in total. The van der Waals surface area contributed by atoms with Gasteiger partial charge in [0.15, 0.2) is 11.5 Å². The maximum absolute atomic E-state index is 6.22. The fraction of sp³-hybridized carbons (Fsp3) is 0.286. The van der Waals surface area contributed by atoms with Gasteiger partial charge in [-0.15, -0.1) is 11.3 Å². The molecular formula is C14H16BrNO2S. The molecule has 5 heteroatoms. The number of benzene rings is 1. The van der Waals surface area contributed by atoms with Crippen LogP contribution in [-0.2, 0) is 6.42 Å². The predicted octanol–water partition coefficient (Wildman–Crippen LogP) is 3.77. The summed E-state index contributed by atoms with van der Waals surface area (Å²) in [5, 5.41) is 0. The molecule has 19 heavy (non-hydrogen) atoms. The first-order chi connectivity index (χ1) is 9.13. The molecule has 0 bridgehead atoms. The summed E-state index contributed by atoms with van der Waals surface area (Å²) in [5.74, 6) is 1.47. The van der Waals surface area contributed by atoms with Crippen LogP contribution < -0.4 is 15.2 Å². The number of nitrogens with two attached hydrogens (primary N) is 1. The van der Waals surface area contributed by atoms with E-state index in [1.807, 2.05) is 24.3 Å². The van der Waals surface area contributed by atoms with Crippen molar-refractivity contribution in [1.82, 2.24) is 0 Å². The number of methoxy groups -OCH3 is 2. The fourth-order valence-corrected chi connectivity index (χ4v) is 3.31. The van der Waals surface area contributed by atoms with Crippen LogP contribution in [0.4, 0.5) is 0 Å². The van der Waals surface area contributed by atoms with E-state index in [4.69, 9.17) is 15.2 Å². The average Bonchev–Trinajstić information content (AvgIpc) is 2.85. The Hall–Kier alpha value is -1.04. The van der Waals surface area contributed by atoms with Gasteiger partial charge in [0.1, 0.15) is 0 Å². The van der Waals surface area contributed by atoms with Crippen LogP contribution in [0.2, 0.25) is 0 Å². The maximum atomic E-state index is 6.22. The van der Waals surface area contributed by atoms with Crippen molar-refractivity contribution in [1.29, 1.82) is 0 Å². The summed E-state index contributed by atoms with van der Waals surface area (Å²) >= 11 is 5.12. The highest BCUT2D eigenvalue weighted by Gasteiger charge is 2.11. The van der Waals surface area contributed by atoms with E-state index in [0.29, 0.717) is 0 Å². The summed E-state index contributed by atoms with van der Waals surface area (Å²) in [7, 11) is 3.27. The Morgan fingerprint density at radius 2 is 1.89 bits per heavy atom. The molecule has 0 aliphatic rings. The molecule has 0 saturated carbocycles. The standard InChI is InChI=1S/C14H16BrNO2S/c1-17-11-4-3-9(8-12(11)18-2)7-10(16)13-5-6-14(15)19-13/h3-6,8,10H,7,16H2,1-2H3. The molecule has 0 spiro atoms. The number of rotatable bonds is 5. The fourth-order valence-electron chi connectivity index (χ4n) is 1.89. The lowest BCUT2D eigenvalue weighted by molar-refractivity contribution is 0.354. The van der Waals surface area contributed by atoms with Gasteiger partial charge in [-0.25, -0.2) is 0 Å². The monoisotopic (exact) mass is 341 g/mol. The third kappa shape index (κ3) is 3.49. The van der Waals surface area contributed by atoms with E-state index in [0.717, 1.165) is 27.3 Å². The van der Waals surface area contributed by atoms with E-state index in [-0.39, 0.29) is 6.04 Å². The highest BCUT2D eigenvalue weighted by Crippen LogP contribution is 2.31. The van der Waals surface area contributed by atoms with Crippen molar-refractivity contribution in [2.45, 2.75) is 12.5 Å². The highest BCUT2D eigenvalue weighted by molar-refractivity contribution is 9.11. The van der Waals surface area contributed by atoms with Crippen LogP contribution in [0.5, 0.6) is 11.5 Å². The second kappa shape index (κ2) is 6.41. The van der Waals surface area contributed by atoms with Gasteiger partial charge in [-0.1, -0.05) is 6.07 Å². The Morgan fingerprint density at radius 1 is 1.16 bits per heavy atom. The quantitative estimate of drug-likeness (QED) is 0.900. The van der Waals surface area contributed by atoms with Gasteiger partial charge in [0.25, 0.3) is 0 Å². The minimum atomic E-state index is -0.00518. The highest BCUT2D eigenvalue weighted by atomic mass is 79.9. The Labute approximate surface area is 125 Å². The summed E-state index contributed by atoms with van der Waals surface area (Å²) in [6.45, 7) is 0. The molecule has 0 amide bonds. The van der Waals surface area contributed by atoms with Gasteiger partial charge in [0, 0.05) is 10.9 Å². The van der Waals surface area contributed by atoms with Crippen LogP contribution in [0.3, 0.4) is 0 Å². The van der Waals surface area contributed by atoms with Crippen molar-refractivity contribution in [3.05, 3.63) is 44.6 Å². The second-order valence-electron chi connectivity index (χ2n) is 4.14. The van der Waals surface area contributed by atoms with Crippen molar-refractivity contribution >= 4 is 27.3 Å². The first kappa shape index (κ1) is 14.4. The molecule has 0 radical (unpaired) electrons. The van der Waals surface area contributed by atoms with Crippen LogP contribution >= 0.6 is 27.3 Å². The summed E-state index contributed by atoms with van der Waals surface area (Å²) in [4.78, 5) is 1.17. The largest absolute Gasteiger partial charge is 0.493 e. The van der Waals surface area contributed by atoms with Crippen LogP contribution in [0, 0.1) is 0 Å². The maximum Gasteiger partial charge on any atom is 0.160 e. The number of hydrogen-bond acceptors (Lipinski definition) is 4. The van der Waals surface area contributed by atoms with E-state index >= 15 is 0 Å². The SMILES string of the molecule is COc1ccc(CC(N)c2ccc(Br)s2)cc1OC. The molecule has 1 aromatic carbocycles. The summed E-state index contributed by atoms with van der Waals surface area (Å²) in [5.41, 5.74) is 7.35. The molecule has 1 heterocycles. The van der Waals surface area contributed by atoms with Gasteiger partial charge < -0.3 is 15.2 Å². The minimum absolute atomic E-state index is 0.00518. The van der Waals surface area contributed by atoms with E-state index in [1.165, 1.54) is 4.88 Å². The van der Waals surface area contributed by atoms with Crippen molar-refractivity contribution in [2.24, 2.45) is 5.73 Å². The molecule has 0 aliphatic heterocycles. The molecule has 102 valence electrons. The molecule has 1 atom stereocenters. The van der Waals surface area contributed by atoms with E-state index in [1.54, 1.807) is 25.6 Å². The minimum Gasteiger partial charge on any atom is -0.493 e. The van der Waals surface area contributed by atoms with E-state index in [2.05, 4.69) is 22.0 Å². The number of hydrogen-bond donors (Lipinski definition) is 1. The predicted molar refractivity (Wildman–Crippen MR) is 82.2 cm³/mol. The Balaban J connectivity index is 2.14. The second-order valence-corrected chi connectivity index (χ2v) is 6.64. The van der Waals surface area contributed by atoms with Gasteiger partial charge in [-0.3, -0.25) is 0 Å². The number of halogens is 1. The van der Waals surface area contributed by atoms with Crippen LogP contribution in [0.25, 0.3) is 0 Å². The van der Waals surface area contributed by atoms with Crippen molar-refractivity contribution in [3.8, 4) is 11.5 Å². The van der Waals surface area contributed by atoms with E-state index in [9.17, 15) is 0 Å². The third-order valence-corrected chi connectivity index (χ3v) is 4.62. The van der Waals surface area contributed by atoms with Gasteiger partial charge in [0.05, 0.1) is 18.0 Å². The third-order valence-electron chi connectivity index (χ3n) is 2.86.